The molecule has 1 heterocycles. The van der Waals surface area contributed by atoms with Crippen LogP contribution in [-0.2, 0) is 6.54 Å². The van der Waals surface area contributed by atoms with E-state index in [9.17, 15) is 4.79 Å². The van der Waals surface area contributed by atoms with Gasteiger partial charge in [-0.3, -0.25) is 4.79 Å². The monoisotopic (exact) mass is 290 g/mol. The third-order valence-corrected chi connectivity index (χ3v) is 4.42. The highest BCUT2D eigenvalue weighted by Crippen LogP contribution is 2.44. The van der Waals surface area contributed by atoms with Gasteiger partial charge < -0.3 is 15.4 Å². The number of benzene rings is 1. The van der Waals surface area contributed by atoms with Gasteiger partial charge in [0.15, 0.2) is 11.5 Å². The lowest BCUT2D eigenvalue weighted by atomic mass is 10.2. The molecule has 1 aromatic carbocycles. The Bertz CT molecular complexity index is 608. The maximum absolute atomic E-state index is 11.6. The predicted octanol–water partition coefficient (Wildman–Crippen LogP) is 3.18. The number of thiophene rings is 1. The summed E-state index contributed by atoms with van der Waals surface area (Å²) in [5.74, 6) is 0.545. The van der Waals surface area contributed by atoms with Crippen molar-refractivity contribution in [3.8, 4) is 5.75 Å². The normalized spacial score (nSPS) is 10.3. The lowest BCUT2D eigenvalue weighted by Crippen LogP contribution is -2.15. The molecule has 2 N–H and O–H groups in total. The first kappa shape index (κ1) is 14.4. The number of carbonyl (C=O) groups is 1. The molecule has 1 aromatic heterocycles. The number of carbonyl (C=O) groups excluding carboxylic acids is 1. The number of hydrogen-bond donors (Lipinski definition) is 1. The van der Waals surface area contributed by atoms with Gasteiger partial charge in [-0.05, 0) is 5.56 Å². The molecule has 0 amide bonds. The summed E-state index contributed by atoms with van der Waals surface area (Å²) in [6, 6.07) is 10.1. The molecule has 0 aliphatic heterocycles. The SMILES string of the molecule is COc1c(N(C)Cc2ccccc2)sc(C(C)=O)c1N. The molecule has 106 valence electrons. The molecular formula is C15H18N2O2S. The summed E-state index contributed by atoms with van der Waals surface area (Å²) in [6.45, 7) is 2.25. The zero-order valence-corrected chi connectivity index (χ0v) is 12.7. The molecule has 5 heteroatoms. The van der Waals surface area contributed by atoms with Crippen molar-refractivity contribution in [3.05, 3.63) is 40.8 Å². The van der Waals surface area contributed by atoms with Crippen LogP contribution in [0.3, 0.4) is 0 Å². The van der Waals surface area contributed by atoms with Crippen LogP contribution in [-0.4, -0.2) is 19.9 Å². The van der Waals surface area contributed by atoms with Crippen molar-refractivity contribution in [1.29, 1.82) is 0 Å². The van der Waals surface area contributed by atoms with E-state index < -0.39 is 0 Å². The van der Waals surface area contributed by atoms with Crippen molar-refractivity contribution >= 4 is 27.8 Å². The van der Waals surface area contributed by atoms with Gasteiger partial charge >= 0.3 is 0 Å². The summed E-state index contributed by atoms with van der Waals surface area (Å²) in [5, 5.41) is 0.874. The van der Waals surface area contributed by atoms with E-state index in [1.165, 1.54) is 23.8 Å². The molecular weight excluding hydrogens is 272 g/mol. The van der Waals surface area contributed by atoms with E-state index in [1.54, 1.807) is 7.11 Å². The second-order valence-corrected chi connectivity index (χ2v) is 5.58. The van der Waals surface area contributed by atoms with Gasteiger partial charge in [-0.2, -0.15) is 0 Å². The first-order valence-corrected chi connectivity index (χ1v) is 7.08. The van der Waals surface area contributed by atoms with E-state index >= 15 is 0 Å². The third-order valence-electron chi connectivity index (χ3n) is 3.02. The minimum absolute atomic E-state index is 0.0369. The maximum atomic E-state index is 11.6. The van der Waals surface area contributed by atoms with Crippen molar-refractivity contribution in [2.75, 3.05) is 24.8 Å². The molecule has 0 unspecified atom stereocenters. The Morgan fingerprint density at radius 2 is 2.00 bits per heavy atom. The van der Waals surface area contributed by atoms with Gasteiger partial charge in [0.1, 0.15) is 5.00 Å². The van der Waals surface area contributed by atoms with Crippen LogP contribution in [0, 0.1) is 0 Å². The van der Waals surface area contributed by atoms with Crippen LogP contribution >= 0.6 is 11.3 Å². The van der Waals surface area contributed by atoms with Crippen LogP contribution in [0.4, 0.5) is 10.7 Å². The Balaban J connectivity index is 2.32. The van der Waals surface area contributed by atoms with E-state index in [2.05, 4.69) is 12.1 Å². The number of nitrogens with zero attached hydrogens (tertiary/aromatic N) is 1. The number of hydrogen-bond acceptors (Lipinski definition) is 5. The highest BCUT2D eigenvalue weighted by molar-refractivity contribution is 7.19. The van der Waals surface area contributed by atoms with Gasteiger partial charge in [-0.25, -0.2) is 0 Å². The average molecular weight is 290 g/mol. The second-order valence-electron chi connectivity index (χ2n) is 4.58. The number of methoxy groups -OCH3 is 1. The number of ketones is 1. The number of ether oxygens (including phenoxy) is 1. The second kappa shape index (κ2) is 5.96. The smallest absolute Gasteiger partial charge is 0.177 e. The van der Waals surface area contributed by atoms with Gasteiger partial charge in [-0.15, -0.1) is 11.3 Å². The van der Waals surface area contributed by atoms with Gasteiger partial charge in [-0.1, -0.05) is 30.3 Å². The summed E-state index contributed by atoms with van der Waals surface area (Å²) >= 11 is 1.37. The van der Waals surface area contributed by atoms with E-state index in [1.807, 2.05) is 30.1 Å². The molecule has 0 saturated carbocycles. The van der Waals surface area contributed by atoms with Gasteiger partial charge in [0.25, 0.3) is 0 Å². The van der Waals surface area contributed by atoms with Crippen LogP contribution in [0.5, 0.6) is 5.75 Å². The van der Waals surface area contributed by atoms with Gasteiger partial charge in [0.05, 0.1) is 17.7 Å². The predicted molar refractivity (Wildman–Crippen MR) is 83.8 cm³/mol. The Labute approximate surface area is 122 Å². The Morgan fingerprint density at radius 3 is 2.55 bits per heavy atom. The van der Waals surface area contributed by atoms with Crippen molar-refractivity contribution in [2.45, 2.75) is 13.5 Å². The fraction of sp³-hybridized carbons (Fsp3) is 0.267. The number of Topliss-reactive ketones (excluding diaryl/α,β-unsaturated/α-hetero) is 1. The molecule has 0 bridgehead atoms. The summed E-state index contributed by atoms with van der Waals surface area (Å²) in [6.07, 6.45) is 0. The molecule has 0 saturated heterocycles. The summed E-state index contributed by atoms with van der Waals surface area (Å²) in [7, 11) is 3.53. The lowest BCUT2D eigenvalue weighted by molar-refractivity contribution is 0.102. The number of rotatable bonds is 5. The number of nitrogen functional groups attached to an aromatic ring is 1. The zero-order valence-electron chi connectivity index (χ0n) is 11.8. The standard InChI is InChI=1S/C15H18N2O2S/c1-10(18)14-12(16)13(19-3)15(20-14)17(2)9-11-7-5-4-6-8-11/h4-8H,9,16H2,1-3H3. The molecule has 0 fully saturated rings. The van der Waals surface area contributed by atoms with Crippen LogP contribution < -0.4 is 15.4 Å². The van der Waals surface area contributed by atoms with E-state index in [0.29, 0.717) is 16.3 Å². The van der Waals surface area contributed by atoms with Crippen molar-refractivity contribution in [1.82, 2.24) is 0 Å². The van der Waals surface area contributed by atoms with Gasteiger partial charge in [0, 0.05) is 20.5 Å². The third kappa shape index (κ3) is 2.77. The summed E-state index contributed by atoms with van der Waals surface area (Å²) < 4.78 is 5.36. The topological polar surface area (TPSA) is 55.6 Å². The minimum Gasteiger partial charge on any atom is -0.492 e. The Morgan fingerprint density at radius 1 is 1.35 bits per heavy atom. The Kier molecular flexibility index (Phi) is 4.29. The van der Waals surface area contributed by atoms with Crippen molar-refractivity contribution in [3.63, 3.8) is 0 Å². The summed E-state index contributed by atoms with van der Waals surface area (Å²) in [4.78, 5) is 14.2. The van der Waals surface area contributed by atoms with E-state index in [0.717, 1.165) is 11.5 Å². The average Bonchev–Trinajstić information content (AvgIpc) is 2.77. The fourth-order valence-corrected chi connectivity index (χ4v) is 3.10. The molecule has 0 aliphatic carbocycles. The first-order valence-electron chi connectivity index (χ1n) is 6.26. The van der Waals surface area contributed by atoms with Crippen LogP contribution in [0.25, 0.3) is 0 Å². The highest BCUT2D eigenvalue weighted by atomic mass is 32.1. The molecule has 0 radical (unpaired) electrons. The maximum Gasteiger partial charge on any atom is 0.177 e. The molecule has 0 atom stereocenters. The quantitative estimate of drug-likeness (QED) is 0.859. The largest absolute Gasteiger partial charge is 0.492 e. The zero-order chi connectivity index (χ0) is 14.7. The van der Waals surface area contributed by atoms with Crippen LogP contribution in [0.2, 0.25) is 0 Å². The van der Waals surface area contributed by atoms with E-state index in [-0.39, 0.29) is 5.78 Å². The molecule has 4 nitrogen and oxygen atoms in total. The highest BCUT2D eigenvalue weighted by Gasteiger charge is 2.21. The van der Waals surface area contributed by atoms with Crippen LogP contribution in [0.15, 0.2) is 30.3 Å². The van der Waals surface area contributed by atoms with Gasteiger partial charge in [0.2, 0.25) is 0 Å². The van der Waals surface area contributed by atoms with Crippen LogP contribution in [0.1, 0.15) is 22.2 Å². The number of nitrogens with two attached hydrogens (primary N) is 1. The molecule has 0 aliphatic rings. The molecule has 2 rings (SSSR count). The summed E-state index contributed by atoms with van der Waals surface area (Å²) in [5.41, 5.74) is 7.60. The lowest BCUT2D eigenvalue weighted by Gasteiger charge is -2.18. The van der Waals surface area contributed by atoms with E-state index in [4.69, 9.17) is 10.5 Å². The van der Waals surface area contributed by atoms with Crippen molar-refractivity contribution in [2.24, 2.45) is 0 Å². The fourth-order valence-electron chi connectivity index (χ4n) is 2.06. The molecule has 0 spiro atoms. The first-order chi connectivity index (χ1) is 9.54. The van der Waals surface area contributed by atoms with Crippen molar-refractivity contribution < 1.29 is 9.53 Å². The molecule has 20 heavy (non-hydrogen) atoms. The molecule has 2 aromatic rings. The number of anilines is 2. The Hall–Kier alpha value is -2.01. The minimum atomic E-state index is -0.0369.